The van der Waals surface area contributed by atoms with E-state index < -0.39 is 0 Å². The van der Waals surface area contributed by atoms with Crippen LogP contribution in [0, 0.1) is 0 Å². The molecule has 0 heterocycles. The Bertz CT molecular complexity index is 373. The van der Waals surface area contributed by atoms with E-state index >= 15 is 0 Å². The molecule has 2 heteroatoms. The second-order valence-electron chi connectivity index (χ2n) is 5.48. The highest BCUT2D eigenvalue weighted by Gasteiger charge is 2.20. The summed E-state index contributed by atoms with van der Waals surface area (Å²) in [5.41, 5.74) is 2.97. The molecular weight excluding hydrogens is 234 g/mol. The Morgan fingerprint density at radius 2 is 2.21 bits per heavy atom. The van der Waals surface area contributed by atoms with Crippen molar-refractivity contribution in [3.8, 4) is 0 Å². The van der Waals surface area contributed by atoms with Gasteiger partial charge in [-0.1, -0.05) is 30.7 Å². The van der Waals surface area contributed by atoms with Gasteiger partial charge >= 0.3 is 0 Å². The highest BCUT2D eigenvalue weighted by atomic mass is 16.5. The molecule has 2 rings (SSSR count). The molecular formula is C17H27NO. The van der Waals surface area contributed by atoms with Crippen molar-refractivity contribution < 1.29 is 4.74 Å². The Morgan fingerprint density at radius 3 is 2.84 bits per heavy atom. The lowest BCUT2D eigenvalue weighted by atomic mass is 9.79. The minimum absolute atomic E-state index is 0.459. The van der Waals surface area contributed by atoms with Gasteiger partial charge in [0.1, 0.15) is 0 Å². The summed E-state index contributed by atoms with van der Waals surface area (Å²) in [6.07, 6.45) is 6.41. The summed E-state index contributed by atoms with van der Waals surface area (Å²) in [5.74, 6) is 0.820. The zero-order valence-electron chi connectivity index (χ0n) is 12.3. The maximum absolute atomic E-state index is 5.42. The van der Waals surface area contributed by atoms with Gasteiger partial charge in [-0.25, -0.2) is 0 Å². The average Bonchev–Trinajstić information content (AvgIpc) is 2.37. The largest absolute Gasteiger partial charge is 0.382 e. The summed E-state index contributed by atoms with van der Waals surface area (Å²) in [7, 11) is 2.06. The normalized spacial score (nSPS) is 17.2. The third kappa shape index (κ3) is 4.05. The van der Waals surface area contributed by atoms with Crippen molar-refractivity contribution in [2.75, 3.05) is 20.3 Å². The molecule has 0 saturated heterocycles. The van der Waals surface area contributed by atoms with Crippen LogP contribution in [-0.4, -0.2) is 20.3 Å². The zero-order chi connectivity index (χ0) is 13.5. The minimum atomic E-state index is 0.459. The van der Waals surface area contributed by atoms with E-state index in [9.17, 15) is 0 Å². The van der Waals surface area contributed by atoms with Gasteiger partial charge in [-0.05, 0) is 56.7 Å². The van der Waals surface area contributed by atoms with Crippen LogP contribution in [0.3, 0.4) is 0 Å². The lowest BCUT2D eigenvalue weighted by molar-refractivity contribution is 0.141. The molecule has 2 nitrogen and oxygen atoms in total. The van der Waals surface area contributed by atoms with Gasteiger partial charge in [0.2, 0.25) is 0 Å². The molecule has 1 fully saturated rings. The fourth-order valence-corrected chi connectivity index (χ4v) is 2.78. The number of nitrogens with one attached hydrogen (secondary N) is 1. The molecule has 0 aromatic heterocycles. The smallest absolute Gasteiger partial charge is 0.0466 e. The lowest BCUT2D eigenvalue weighted by Crippen LogP contribution is -2.18. The minimum Gasteiger partial charge on any atom is -0.382 e. The van der Waals surface area contributed by atoms with Gasteiger partial charge in [-0.2, -0.15) is 0 Å². The second kappa shape index (κ2) is 7.66. The topological polar surface area (TPSA) is 21.3 Å². The summed E-state index contributed by atoms with van der Waals surface area (Å²) in [6.45, 7) is 3.75. The van der Waals surface area contributed by atoms with E-state index in [2.05, 4.69) is 43.6 Å². The molecule has 1 aromatic carbocycles. The van der Waals surface area contributed by atoms with Crippen LogP contribution in [0.2, 0.25) is 0 Å². The summed E-state index contributed by atoms with van der Waals surface area (Å²) in [5, 5.41) is 3.44. The summed E-state index contributed by atoms with van der Waals surface area (Å²) in [4.78, 5) is 0. The molecule has 0 radical (unpaired) electrons. The number of hydrogen-bond donors (Lipinski definition) is 1. The van der Waals surface area contributed by atoms with Crippen molar-refractivity contribution in [3.05, 3.63) is 35.4 Å². The summed E-state index contributed by atoms with van der Waals surface area (Å²) in [6, 6.07) is 9.63. The number of hydrogen-bond acceptors (Lipinski definition) is 2. The average molecular weight is 261 g/mol. The maximum atomic E-state index is 5.42. The van der Waals surface area contributed by atoms with E-state index in [4.69, 9.17) is 4.74 Å². The Balaban J connectivity index is 1.93. The predicted molar refractivity (Wildman–Crippen MR) is 80.6 cm³/mol. The van der Waals surface area contributed by atoms with E-state index in [0.29, 0.717) is 6.04 Å². The van der Waals surface area contributed by atoms with Crippen molar-refractivity contribution in [1.82, 2.24) is 5.32 Å². The third-order valence-corrected chi connectivity index (χ3v) is 4.22. The number of rotatable bonds is 8. The molecule has 1 saturated carbocycles. The van der Waals surface area contributed by atoms with Crippen molar-refractivity contribution in [2.24, 2.45) is 0 Å². The zero-order valence-corrected chi connectivity index (χ0v) is 12.3. The molecule has 1 N–H and O–H groups in total. The van der Waals surface area contributed by atoms with Gasteiger partial charge in [0.05, 0.1) is 0 Å². The van der Waals surface area contributed by atoms with Crippen molar-refractivity contribution in [1.29, 1.82) is 0 Å². The SMILES string of the molecule is CCOCCCC(NC)c1cccc(C2CCC2)c1. The first-order chi connectivity index (χ1) is 9.35. The Hall–Kier alpha value is -0.860. The highest BCUT2D eigenvalue weighted by Crippen LogP contribution is 2.37. The van der Waals surface area contributed by atoms with Crippen LogP contribution >= 0.6 is 0 Å². The Morgan fingerprint density at radius 1 is 1.37 bits per heavy atom. The number of ether oxygens (including phenoxy) is 1. The van der Waals surface area contributed by atoms with Crippen molar-refractivity contribution in [2.45, 2.75) is 51.0 Å². The molecule has 1 aliphatic rings. The van der Waals surface area contributed by atoms with Crippen LogP contribution in [0.4, 0.5) is 0 Å². The molecule has 1 unspecified atom stereocenters. The molecule has 0 aliphatic heterocycles. The first-order valence-electron chi connectivity index (χ1n) is 7.70. The molecule has 1 atom stereocenters. The van der Waals surface area contributed by atoms with Crippen molar-refractivity contribution in [3.63, 3.8) is 0 Å². The van der Waals surface area contributed by atoms with Crippen molar-refractivity contribution >= 4 is 0 Å². The van der Waals surface area contributed by atoms with Gasteiger partial charge in [-0.15, -0.1) is 0 Å². The Labute approximate surface area is 117 Å². The molecule has 1 aromatic rings. The maximum Gasteiger partial charge on any atom is 0.0466 e. The lowest BCUT2D eigenvalue weighted by Gasteiger charge is -2.27. The van der Waals surface area contributed by atoms with Crippen LogP contribution in [0.15, 0.2) is 24.3 Å². The van der Waals surface area contributed by atoms with Gasteiger partial charge < -0.3 is 10.1 Å². The Kier molecular flexibility index (Phi) is 5.87. The highest BCUT2D eigenvalue weighted by molar-refractivity contribution is 5.29. The van der Waals surface area contributed by atoms with Gasteiger partial charge in [-0.3, -0.25) is 0 Å². The van der Waals surface area contributed by atoms with E-state index in [0.717, 1.165) is 32.0 Å². The van der Waals surface area contributed by atoms with Crippen LogP contribution < -0.4 is 5.32 Å². The first kappa shape index (κ1) is 14.5. The van der Waals surface area contributed by atoms with Crippen LogP contribution in [0.1, 0.15) is 62.1 Å². The molecule has 0 amide bonds. The molecule has 0 bridgehead atoms. The van der Waals surface area contributed by atoms with Gasteiger partial charge in [0.25, 0.3) is 0 Å². The van der Waals surface area contributed by atoms with Gasteiger partial charge in [0, 0.05) is 19.3 Å². The fourth-order valence-electron chi connectivity index (χ4n) is 2.78. The molecule has 19 heavy (non-hydrogen) atoms. The second-order valence-corrected chi connectivity index (χ2v) is 5.48. The van der Waals surface area contributed by atoms with Crippen LogP contribution in [-0.2, 0) is 4.74 Å². The molecule has 1 aliphatic carbocycles. The molecule has 106 valence electrons. The quantitative estimate of drug-likeness (QED) is 0.713. The predicted octanol–water partition coefficient (Wildman–Crippen LogP) is 4.03. The van der Waals surface area contributed by atoms with E-state index in [1.165, 1.54) is 30.4 Å². The standard InChI is InChI=1S/C17H27NO/c1-3-19-12-6-11-17(18-2)16-10-5-9-15(13-16)14-7-4-8-14/h5,9-10,13-14,17-18H,3-4,6-8,11-12H2,1-2H3. The first-order valence-corrected chi connectivity index (χ1v) is 7.70. The van der Waals surface area contributed by atoms with E-state index in [1.807, 2.05) is 0 Å². The fraction of sp³-hybridized carbons (Fsp3) is 0.647. The molecule has 0 spiro atoms. The van der Waals surface area contributed by atoms with Crippen LogP contribution in [0.5, 0.6) is 0 Å². The van der Waals surface area contributed by atoms with Gasteiger partial charge in [0.15, 0.2) is 0 Å². The monoisotopic (exact) mass is 261 g/mol. The third-order valence-electron chi connectivity index (χ3n) is 4.22. The van der Waals surface area contributed by atoms with Crippen LogP contribution in [0.25, 0.3) is 0 Å². The number of benzene rings is 1. The summed E-state index contributed by atoms with van der Waals surface area (Å²) >= 11 is 0. The van der Waals surface area contributed by atoms with E-state index in [1.54, 1.807) is 0 Å². The van der Waals surface area contributed by atoms with E-state index in [-0.39, 0.29) is 0 Å². The summed E-state index contributed by atoms with van der Waals surface area (Å²) < 4.78 is 5.42.